The first-order chi connectivity index (χ1) is 16.9. The van der Waals surface area contributed by atoms with E-state index < -0.39 is 17.9 Å². The van der Waals surface area contributed by atoms with Crippen LogP contribution in [0.4, 0.5) is 0 Å². The van der Waals surface area contributed by atoms with E-state index >= 15 is 0 Å². The number of aliphatic hydroxyl groups is 1. The molecule has 0 bridgehead atoms. The van der Waals surface area contributed by atoms with Crippen molar-refractivity contribution in [3.05, 3.63) is 29.6 Å². The van der Waals surface area contributed by atoms with E-state index in [-0.39, 0.29) is 49.9 Å². The summed E-state index contributed by atoms with van der Waals surface area (Å²) in [5.74, 6) is -2.24. The number of carboxylic acids is 1. The molecule has 0 unspecified atom stereocenters. The summed E-state index contributed by atoms with van der Waals surface area (Å²) < 4.78 is 15.5. The monoisotopic (exact) mass is 495 g/mol. The third-order valence-electron chi connectivity index (χ3n) is 5.05. The molecular weight excluding hydrogens is 458 g/mol. The molecule has 0 saturated heterocycles. The van der Waals surface area contributed by atoms with Gasteiger partial charge in [-0.25, -0.2) is 14.6 Å². The predicted octanol–water partition coefficient (Wildman–Crippen LogP) is 3.70. The lowest BCUT2D eigenvalue weighted by molar-refractivity contribution is -0.144. The van der Waals surface area contributed by atoms with E-state index in [1.165, 1.54) is 18.3 Å². The normalized spacial score (nSPS) is 10.5. The maximum atomic E-state index is 12.1. The zero-order valence-corrected chi connectivity index (χ0v) is 20.2. The molecule has 0 spiro atoms. The molecule has 196 valence electrons. The third-order valence-corrected chi connectivity index (χ3v) is 5.05. The van der Waals surface area contributed by atoms with E-state index in [0.29, 0.717) is 32.3 Å². The van der Waals surface area contributed by atoms with Crippen LogP contribution in [0.5, 0.6) is 0 Å². The minimum absolute atomic E-state index is 0.0576. The topological polar surface area (TPSA) is 149 Å². The van der Waals surface area contributed by atoms with Crippen molar-refractivity contribution in [1.29, 1.82) is 0 Å². The van der Waals surface area contributed by atoms with Crippen LogP contribution in [0.1, 0.15) is 97.9 Å². The van der Waals surface area contributed by atoms with Crippen molar-refractivity contribution in [3.8, 4) is 0 Å². The highest BCUT2D eigenvalue weighted by Gasteiger charge is 2.12. The molecule has 0 aliphatic rings. The Bertz CT molecular complexity index is 765. The number of aromatic nitrogens is 1. The number of hydrogen-bond acceptors (Lipinski definition) is 9. The van der Waals surface area contributed by atoms with Gasteiger partial charge in [-0.2, -0.15) is 0 Å². The second-order valence-corrected chi connectivity index (χ2v) is 8.08. The van der Waals surface area contributed by atoms with Crippen molar-refractivity contribution in [1.82, 2.24) is 4.98 Å². The minimum atomic E-state index is -0.867. The molecule has 0 aromatic carbocycles. The second-order valence-electron chi connectivity index (χ2n) is 8.08. The first-order valence-electron chi connectivity index (χ1n) is 12.2. The smallest absolute Gasteiger partial charge is 0.356 e. The maximum Gasteiger partial charge on any atom is 0.356 e. The Morgan fingerprint density at radius 3 is 1.83 bits per heavy atom. The molecule has 0 fully saturated rings. The number of pyridine rings is 1. The first-order valence-corrected chi connectivity index (χ1v) is 12.2. The second kappa shape index (κ2) is 19.3. The van der Waals surface area contributed by atoms with E-state index in [1.807, 2.05) is 0 Å². The molecule has 1 rings (SSSR count). The Hall–Kier alpha value is -3.01. The lowest BCUT2D eigenvalue weighted by Gasteiger charge is -2.07. The molecule has 0 aliphatic carbocycles. The molecule has 10 heteroatoms. The van der Waals surface area contributed by atoms with Gasteiger partial charge in [-0.05, 0) is 69.9 Å². The predicted molar refractivity (Wildman–Crippen MR) is 126 cm³/mol. The van der Waals surface area contributed by atoms with Gasteiger partial charge >= 0.3 is 23.9 Å². The van der Waals surface area contributed by atoms with Crippen LogP contribution in [0.25, 0.3) is 0 Å². The third kappa shape index (κ3) is 15.5. The van der Waals surface area contributed by atoms with Gasteiger partial charge in [0.1, 0.15) is 5.69 Å². The molecule has 2 N–H and O–H groups in total. The van der Waals surface area contributed by atoms with Crippen molar-refractivity contribution in [2.75, 3.05) is 26.4 Å². The number of carbonyl (C=O) groups is 4. The van der Waals surface area contributed by atoms with E-state index in [1.54, 1.807) is 0 Å². The number of ether oxygens (including phenoxy) is 3. The van der Waals surface area contributed by atoms with E-state index in [4.69, 9.17) is 24.4 Å². The van der Waals surface area contributed by atoms with Crippen LogP contribution < -0.4 is 0 Å². The Balaban J connectivity index is 2.08. The summed E-state index contributed by atoms with van der Waals surface area (Å²) in [6.07, 6.45) is 8.77. The van der Waals surface area contributed by atoms with Gasteiger partial charge in [0.15, 0.2) is 0 Å². The lowest BCUT2D eigenvalue weighted by Crippen LogP contribution is -2.11. The van der Waals surface area contributed by atoms with Crippen molar-refractivity contribution >= 4 is 23.9 Å². The van der Waals surface area contributed by atoms with Crippen LogP contribution in [0.15, 0.2) is 18.3 Å². The highest BCUT2D eigenvalue weighted by molar-refractivity contribution is 5.91. The Labute approximate surface area is 206 Å². The molecule has 0 amide bonds. The average molecular weight is 496 g/mol. The standard InChI is InChI=1S/C25H37NO9/c27-15-7-1-2-9-18-35-25(32)21-14-13-20(19-26-21)24(31)34-17-10-4-3-8-16-33-23(30)12-6-5-11-22(28)29/h13-14,19,27H,1-12,15-18H2,(H,28,29). The highest BCUT2D eigenvalue weighted by atomic mass is 16.5. The number of rotatable bonds is 20. The summed E-state index contributed by atoms with van der Waals surface area (Å²) in [6.45, 7) is 1.02. The molecule has 1 heterocycles. The number of nitrogens with zero attached hydrogens (tertiary/aromatic N) is 1. The zero-order chi connectivity index (χ0) is 25.7. The molecule has 0 saturated carbocycles. The number of unbranched alkanes of at least 4 members (excludes halogenated alkanes) is 7. The fourth-order valence-corrected chi connectivity index (χ4v) is 3.05. The van der Waals surface area contributed by atoms with Crippen LogP contribution in [0.2, 0.25) is 0 Å². The van der Waals surface area contributed by atoms with E-state index in [9.17, 15) is 19.2 Å². The van der Waals surface area contributed by atoms with Crippen molar-refractivity contribution in [2.45, 2.75) is 77.0 Å². The Kier molecular flexibility index (Phi) is 16.6. The van der Waals surface area contributed by atoms with Crippen molar-refractivity contribution in [3.63, 3.8) is 0 Å². The number of esters is 3. The number of carboxylic acid groups (broad SMARTS) is 1. The van der Waals surface area contributed by atoms with Gasteiger partial charge in [-0.1, -0.05) is 6.42 Å². The number of hydrogen-bond donors (Lipinski definition) is 2. The quantitative estimate of drug-likeness (QED) is 0.156. The Morgan fingerprint density at radius 1 is 0.686 bits per heavy atom. The maximum absolute atomic E-state index is 12.1. The van der Waals surface area contributed by atoms with Crippen LogP contribution in [0.3, 0.4) is 0 Å². The number of carbonyl (C=O) groups excluding carboxylic acids is 3. The molecule has 0 aliphatic heterocycles. The SMILES string of the molecule is O=C(O)CCCCC(=O)OCCCCCCOC(=O)c1ccc(C(=O)OCCCCCCO)nc1. The summed E-state index contributed by atoms with van der Waals surface area (Å²) in [5, 5.41) is 17.3. The van der Waals surface area contributed by atoms with Gasteiger partial charge in [-0.3, -0.25) is 9.59 Å². The van der Waals surface area contributed by atoms with Gasteiger partial charge in [0.25, 0.3) is 0 Å². The minimum Gasteiger partial charge on any atom is -0.481 e. The van der Waals surface area contributed by atoms with E-state index in [2.05, 4.69) is 4.98 Å². The van der Waals surface area contributed by atoms with Crippen LogP contribution >= 0.6 is 0 Å². The first kappa shape index (κ1) is 30.0. The molecule has 10 nitrogen and oxygen atoms in total. The summed E-state index contributed by atoms with van der Waals surface area (Å²) in [4.78, 5) is 49.9. The van der Waals surface area contributed by atoms with Crippen molar-refractivity contribution < 1.29 is 43.6 Å². The fourth-order valence-electron chi connectivity index (χ4n) is 3.05. The molecule has 1 aromatic heterocycles. The summed E-state index contributed by atoms with van der Waals surface area (Å²) in [5.41, 5.74) is 0.374. The van der Waals surface area contributed by atoms with Gasteiger partial charge in [0, 0.05) is 25.6 Å². The van der Waals surface area contributed by atoms with Gasteiger partial charge in [0.2, 0.25) is 0 Å². The lowest BCUT2D eigenvalue weighted by atomic mass is 10.2. The zero-order valence-electron chi connectivity index (χ0n) is 20.2. The molecular formula is C25H37NO9. The van der Waals surface area contributed by atoms with Crippen molar-refractivity contribution in [2.24, 2.45) is 0 Å². The van der Waals surface area contributed by atoms with Crippen LogP contribution in [0, 0.1) is 0 Å². The highest BCUT2D eigenvalue weighted by Crippen LogP contribution is 2.08. The summed E-state index contributed by atoms with van der Waals surface area (Å²) >= 11 is 0. The molecule has 35 heavy (non-hydrogen) atoms. The summed E-state index contributed by atoms with van der Waals surface area (Å²) in [7, 11) is 0. The fraction of sp³-hybridized carbons (Fsp3) is 0.640. The molecule has 0 atom stereocenters. The van der Waals surface area contributed by atoms with Gasteiger partial charge in [0.05, 0.1) is 25.4 Å². The number of aliphatic carboxylic acids is 1. The summed E-state index contributed by atoms with van der Waals surface area (Å²) in [6, 6.07) is 2.90. The van der Waals surface area contributed by atoms with Gasteiger partial charge < -0.3 is 24.4 Å². The van der Waals surface area contributed by atoms with Gasteiger partial charge in [-0.15, -0.1) is 0 Å². The molecule has 1 aromatic rings. The average Bonchev–Trinajstić information content (AvgIpc) is 2.85. The van der Waals surface area contributed by atoms with Crippen LogP contribution in [-0.2, 0) is 23.8 Å². The number of aliphatic hydroxyl groups excluding tert-OH is 1. The molecule has 0 radical (unpaired) electrons. The van der Waals surface area contributed by atoms with Crippen LogP contribution in [-0.4, -0.2) is 65.5 Å². The Morgan fingerprint density at radius 2 is 1.26 bits per heavy atom. The van der Waals surface area contributed by atoms with E-state index in [0.717, 1.165) is 38.5 Å². The largest absolute Gasteiger partial charge is 0.481 e.